The summed E-state index contributed by atoms with van der Waals surface area (Å²) in [6, 6.07) is 14.5. The highest BCUT2D eigenvalue weighted by Crippen LogP contribution is 2.23. The van der Waals surface area contributed by atoms with Gasteiger partial charge >= 0.3 is 0 Å². The first-order valence-electron chi connectivity index (χ1n) is 8.81. The van der Waals surface area contributed by atoms with Crippen molar-refractivity contribution in [1.29, 1.82) is 0 Å². The van der Waals surface area contributed by atoms with Crippen LogP contribution in [0.25, 0.3) is 0 Å². The third-order valence-corrected chi connectivity index (χ3v) is 4.90. The fraction of sp³-hybridized carbons (Fsp3) is 0.350. The molecule has 6 heteroatoms. The predicted octanol–water partition coefficient (Wildman–Crippen LogP) is 3.74. The van der Waals surface area contributed by atoms with E-state index in [4.69, 9.17) is 17.0 Å². The molecule has 1 N–H and O–H groups in total. The van der Waals surface area contributed by atoms with Gasteiger partial charge < -0.3 is 15.0 Å². The zero-order valence-electron chi connectivity index (χ0n) is 15.0. The van der Waals surface area contributed by atoms with Gasteiger partial charge in [0.05, 0.1) is 12.8 Å². The van der Waals surface area contributed by atoms with Crippen LogP contribution in [0.2, 0.25) is 0 Å². The number of thiocarbonyl (C=S) groups is 1. The van der Waals surface area contributed by atoms with Crippen molar-refractivity contribution < 1.29 is 9.13 Å². The number of halogens is 1. The second kappa shape index (κ2) is 8.96. The van der Waals surface area contributed by atoms with Gasteiger partial charge in [0.15, 0.2) is 5.11 Å². The minimum absolute atomic E-state index is 0.191. The topological polar surface area (TPSA) is 27.7 Å². The maximum Gasteiger partial charge on any atom is 0.173 e. The van der Waals surface area contributed by atoms with Crippen molar-refractivity contribution in [3.05, 3.63) is 59.9 Å². The molecule has 1 saturated heterocycles. The Kier molecular flexibility index (Phi) is 6.41. The Hall–Kier alpha value is -2.18. The number of hydrogen-bond acceptors (Lipinski definition) is 3. The predicted molar refractivity (Wildman–Crippen MR) is 107 cm³/mol. The molecule has 1 aliphatic rings. The first-order chi connectivity index (χ1) is 12.7. The number of benzene rings is 2. The molecule has 0 bridgehead atoms. The van der Waals surface area contributed by atoms with Crippen LogP contribution in [0.15, 0.2) is 48.5 Å². The molecule has 1 heterocycles. The Labute approximate surface area is 159 Å². The number of nitrogens with zero attached hydrogens (tertiary/aromatic N) is 2. The monoisotopic (exact) mass is 373 g/mol. The summed E-state index contributed by atoms with van der Waals surface area (Å²) < 4.78 is 18.4. The normalized spacial score (nSPS) is 15.4. The molecule has 138 valence electrons. The molecule has 26 heavy (non-hydrogen) atoms. The Morgan fingerprint density at radius 2 is 1.85 bits per heavy atom. The van der Waals surface area contributed by atoms with Gasteiger partial charge in [-0.1, -0.05) is 24.3 Å². The molecule has 0 aliphatic carbocycles. The minimum atomic E-state index is -0.191. The molecule has 0 radical (unpaired) electrons. The van der Waals surface area contributed by atoms with E-state index in [1.54, 1.807) is 7.11 Å². The van der Waals surface area contributed by atoms with E-state index in [-0.39, 0.29) is 5.82 Å². The molecule has 1 fully saturated rings. The van der Waals surface area contributed by atoms with E-state index in [0.29, 0.717) is 0 Å². The summed E-state index contributed by atoms with van der Waals surface area (Å²) in [6.07, 6.45) is 1.04. The standard InChI is InChI=1S/C20H24FN3OS/c1-25-19-6-3-2-5-18(19)22-20(26)24-12-4-11-23(13-14-24)15-16-7-9-17(21)10-8-16/h2-3,5-10H,4,11-15H2,1H3,(H,22,26). The van der Waals surface area contributed by atoms with Gasteiger partial charge in [-0.25, -0.2) is 4.39 Å². The van der Waals surface area contributed by atoms with Crippen LogP contribution in [-0.2, 0) is 6.54 Å². The van der Waals surface area contributed by atoms with Gasteiger partial charge in [-0.3, -0.25) is 4.90 Å². The van der Waals surface area contributed by atoms with E-state index < -0.39 is 0 Å². The summed E-state index contributed by atoms with van der Waals surface area (Å²) in [7, 11) is 1.66. The second-order valence-corrected chi connectivity index (χ2v) is 6.76. The third kappa shape index (κ3) is 4.93. The van der Waals surface area contributed by atoms with Crippen LogP contribution in [0.3, 0.4) is 0 Å². The van der Waals surface area contributed by atoms with Crippen LogP contribution in [0.1, 0.15) is 12.0 Å². The Morgan fingerprint density at radius 1 is 1.08 bits per heavy atom. The summed E-state index contributed by atoms with van der Waals surface area (Å²) >= 11 is 5.61. The van der Waals surface area contributed by atoms with Gasteiger partial charge in [-0.15, -0.1) is 0 Å². The number of ether oxygens (including phenoxy) is 1. The largest absolute Gasteiger partial charge is 0.495 e. The number of nitrogens with one attached hydrogen (secondary N) is 1. The quantitative estimate of drug-likeness (QED) is 0.825. The summed E-state index contributed by atoms with van der Waals surface area (Å²) in [5.74, 6) is 0.589. The van der Waals surface area contributed by atoms with E-state index in [1.165, 1.54) is 12.1 Å². The van der Waals surface area contributed by atoms with Crippen LogP contribution in [0.4, 0.5) is 10.1 Å². The summed E-state index contributed by atoms with van der Waals surface area (Å²) in [6.45, 7) is 4.54. The Bertz CT molecular complexity index is 738. The van der Waals surface area contributed by atoms with E-state index in [2.05, 4.69) is 15.1 Å². The Morgan fingerprint density at radius 3 is 2.62 bits per heavy atom. The molecule has 2 aromatic carbocycles. The lowest BCUT2D eigenvalue weighted by Gasteiger charge is -2.25. The molecule has 3 rings (SSSR count). The first-order valence-corrected chi connectivity index (χ1v) is 9.22. The highest BCUT2D eigenvalue weighted by Gasteiger charge is 2.18. The molecule has 0 spiro atoms. The van der Waals surface area contributed by atoms with Crippen molar-refractivity contribution in [2.45, 2.75) is 13.0 Å². The summed E-state index contributed by atoms with van der Waals surface area (Å²) in [5.41, 5.74) is 2.02. The number of para-hydroxylation sites is 2. The fourth-order valence-corrected chi connectivity index (χ4v) is 3.41. The van der Waals surface area contributed by atoms with Gasteiger partial charge in [0.1, 0.15) is 11.6 Å². The van der Waals surface area contributed by atoms with Crippen molar-refractivity contribution in [3.8, 4) is 5.75 Å². The molecule has 0 saturated carbocycles. The molecule has 0 amide bonds. The zero-order valence-corrected chi connectivity index (χ0v) is 15.8. The highest BCUT2D eigenvalue weighted by molar-refractivity contribution is 7.80. The fourth-order valence-electron chi connectivity index (χ4n) is 3.12. The molecule has 0 unspecified atom stereocenters. The Balaban J connectivity index is 1.56. The molecular formula is C20H24FN3OS. The van der Waals surface area contributed by atoms with Crippen molar-refractivity contribution in [2.75, 3.05) is 38.6 Å². The molecule has 2 aromatic rings. The minimum Gasteiger partial charge on any atom is -0.495 e. The van der Waals surface area contributed by atoms with Gasteiger partial charge in [-0.05, 0) is 48.5 Å². The lowest BCUT2D eigenvalue weighted by atomic mass is 10.2. The molecule has 0 atom stereocenters. The SMILES string of the molecule is COc1ccccc1NC(=S)N1CCCN(Cc2ccc(F)cc2)CC1. The van der Waals surface area contributed by atoms with E-state index in [9.17, 15) is 4.39 Å². The number of hydrogen-bond donors (Lipinski definition) is 1. The average molecular weight is 373 g/mol. The van der Waals surface area contributed by atoms with Crippen LogP contribution in [0.5, 0.6) is 5.75 Å². The summed E-state index contributed by atoms with van der Waals surface area (Å²) in [5, 5.41) is 4.02. The molecule has 1 aliphatic heterocycles. The average Bonchev–Trinajstić information content (AvgIpc) is 2.90. The lowest BCUT2D eigenvalue weighted by molar-refractivity contribution is 0.278. The molecule has 0 aromatic heterocycles. The smallest absolute Gasteiger partial charge is 0.173 e. The number of rotatable bonds is 4. The number of methoxy groups -OCH3 is 1. The van der Waals surface area contributed by atoms with Crippen LogP contribution in [-0.4, -0.2) is 48.2 Å². The van der Waals surface area contributed by atoms with Crippen LogP contribution >= 0.6 is 12.2 Å². The van der Waals surface area contributed by atoms with Gasteiger partial charge in [0, 0.05) is 32.7 Å². The van der Waals surface area contributed by atoms with E-state index >= 15 is 0 Å². The van der Waals surface area contributed by atoms with Gasteiger partial charge in [-0.2, -0.15) is 0 Å². The van der Waals surface area contributed by atoms with Crippen LogP contribution in [0, 0.1) is 5.82 Å². The number of anilines is 1. The maximum atomic E-state index is 13.1. The maximum absolute atomic E-state index is 13.1. The molecule has 4 nitrogen and oxygen atoms in total. The van der Waals surface area contributed by atoms with Crippen molar-refractivity contribution >= 4 is 23.0 Å². The second-order valence-electron chi connectivity index (χ2n) is 6.37. The van der Waals surface area contributed by atoms with Crippen molar-refractivity contribution in [2.24, 2.45) is 0 Å². The highest BCUT2D eigenvalue weighted by atomic mass is 32.1. The summed E-state index contributed by atoms with van der Waals surface area (Å²) in [4.78, 5) is 4.59. The van der Waals surface area contributed by atoms with E-state index in [1.807, 2.05) is 36.4 Å². The van der Waals surface area contributed by atoms with Crippen molar-refractivity contribution in [3.63, 3.8) is 0 Å². The first kappa shape index (κ1) is 18.6. The van der Waals surface area contributed by atoms with Crippen LogP contribution < -0.4 is 10.1 Å². The lowest BCUT2D eigenvalue weighted by Crippen LogP contribution is -2.37. The third-order valence-electron chi connectivity index (χ3n) is 4.54. The van der Waals surface area contributed by atoms with Gasteiger partial charge in [0.25, 0.3) is 0 Å². The molecular weight excluding hydrogens is 349 g/mol. The zero-order chi connectivity index (χ0) is 18.4. The van der Waals surface area contributed by atoms with E-state index in [0.717, 1.165) is 61.3 Å². The van der Waals surface area contributed by atoms with Gasteiger partial charge in [0.2, 0.25) is 0 Å². The van der Waals surface area contributed by atoms with Crippen molar-refractivity contribution in [1.82, 2.24) is 9.80 Å².